The number of ether oxygens (including phenoxy) is 1. The molecule has 0 aliphatic rings. The molecule has 0 bridgehead atoms. The highest BCUT2D eigenvalue weighted by Crippen LogP contribution is 2.22. The molecule has 24 heavy (non-hydrogen) atoms. The number of methoxy groups -OCH3 is 1. The fourth-order valence-electron chi connectivity index (χ4n) is 2.05. The predicted octanol–water partition coefficient (Wildman–Crippen LogP) is 1.99. The molecule has 0 fully saturated rings. The second kappa shape index (κ2) is 8.14. The summed E-state index contributed by atoms with van der Waals surface area (Å²) in [5, 5.41) is 9.16. The number of nitrogens with one attached hydrogen (secondary N) is 2. The van der Waals surface area contributed by atoms with Crippen LogP contribution < -0.4 is 15.4 Å². The lowest BCUT2D eigenvalue weighted by Crippen LogP contribution is -2.34. The topological polar surface area (TPSA) is 93.5 Å². The van der Waals surface area contributed by atoms with Crippen molar-refractivity contribution >= 4 is 11.8 Å². The van der Waals surface area contributed by atoms with Crippen molar-refractivity contribution in [3.05, 3.63) is 36.0 Å². The van der Waals surface area contributed by atoms with Crippen molar-refractivity contribution in [2.24, 2.45) is 0 Å². The van der Waals surface area contributed by atoms with E-state index in [9.17, 15) is 9.59 Å². The summed E-state index contributed by atoms with van der Waals surface area (Å²) in [6.07, 6.45) is 0.215. The van der Waals surface area contributed by atoms with Gasteiger partial charge in [-0.25, -0.2) is 0 Å². The van der Waals surface area contributed by atoms with Gasteiger partial charge >= 0.3 is 0 Å². The van der Waals surface area contributed by atoms with Gasteiger partial charge in [-0.2, -0.15) is 0 Å². The SMILES string of the molecule is COc1ccc(-c2cc(C(=O)NCCC(=O)NC(C)C)no2)cc1. The molecule has 0 aliphatic carbocycles. The Labute approximate surface area is 140 Å². The van der Waals surface area contributed by atoms with E-state index in [0.29, 0.717) is 5.76 Å². The van der Waals surface area contributed by atoms with Crippen LogP contribution in [0.1, 0.15) is 30.8 Å². The third kappa shape index (κ3) is 4.84. The highest BCUT2D eigenvalue weighted by molar-refractivity contribution is 5.93. The Bertz CT molecular complexity index is 692. The minimum Gasteiger partial charge on any atom is -0.497 e. The molecule has 0 unspecified atom stereocenters. The lowest BCUT2D eigenvalue weighted by Gasteiger charge is -2.08. The lowest BCUT2D eigenvalue weighted by molar-refractivity contribution is -0.121. The van der Waals surface area contributed by atoms with Gasteiger partial charge in [0, 0.05) is 30.6 Å². The van der Waals surface area contributed by atoms with Crippen molar-refractivity contribution in [3.8, 4) is 17.1 Å². The van der Waals surface area contributed by atoms with Crippen LogP contribution in [0.5, 0.6) is 5.75 Å². The zero-order chi connectivity index (χ0) is 17.5. The molecule has 7 heteroatoms. The molecular formula is C17H21N3O4. The Kier molecular flexibility index (Phi) is 5.95. The average Bonchev–Trinajstić information content (AvgIpc) is 3.04. The smallest absolute Gasteiger partial charge is 0.273 e. The Morgan fingerprint density at radius 3 is 2.58 bits per heavy atom. The van der Waals surface area contributed by atoms with Crippen LogP contribution in [0.2, 0.25) is 0 Å². The minimum absolute atomic E-state index is 0.0794. The van der Waals surface area contributed by atoms with Gasteiger partial charge in [0.05, 0.1) is 7.11 Å². The summed E-state index contributed by atoms with van der Waals surface area (Å²) in [6.45, 7) is 4.00. The van der Waals surface area contributed by atoms with Gasteiger partial charge < -0.3 is 19.9 Å². The van der Waals surface area contributed by atoms with Crippen LogP contribution in [0.25, 0.3) is 11.3 Å². The maximum atomic E-state index is 12.0. The molecule has 2 aromatic rings. The monoisotopic (exact) mass is 331 g/mol. The molecule has 128 valence electrons. The van der Waals surface area contributed by atoms with E-state index in [4.69, 9.17) is 9.26 Å². The van der Waals surface area contributed by atoms with E-state index in [0.717, 1.165) is 11.3 Å². The van der Waals surface area contributed by atoms with Crippen molar-refractivity contribution in [1.29, 1.82) is 0 Å². The molecule has 0 saturated heterocycles. The van der Waals surface area contributed by atoms with Crippen LogP contribution in [0.3, 0.4) is 0 Å². The summed E-state index contributed by atoms with van der Waals surface area (Å²) < 4.78 is 10.3. The van der Waals surface area contributed by atoms with E-state index in [1.807, 2.05) is 26.0 Å². The van der Waals surface area contributed by atoms with Crippen LogP contribution in [-0.4, -0.2) is 36.7 Å². The van der Waals surface area contributed by atoms with Crippen molar-refractivity contribution in [2.75, 3.05) is 13.7 Å². The number of benzene rings is 1. The van der Waals surface area contributed by atoms with Crippen LogP contribution in [0, 0.1) is 0 Å². The van der Waals surface area contributed by atoms with E-state index in [1.54, 1.807) is 25.3 Å². The number of rotatable bonds is 7. The number of amides is 2. The number of hydrogen-bond acceptors (Lipinski definition) is 5. The minimum atomic E-state index is -0.379. The van der Waals surface area contributed by atoms with Gasteiger partial charge in [0.15, 0.2) is 11.5 Å². The maximum Gasteiger partial charge on any atom is 0.273 e. The molecular weight excluding hydrogens is 310 g/mol. The van der Waals surface area contributed by atoms with Crippen molar-refractivity contribution in [1.82, 2.24) is 15.8 Å². The fraction of sp³-hybridized carbons (Fsp3) is 0.353. The van der Waals surface area contributed by atoms with E-state index >= 15 is 0 Å². The summed E-state index contributed by atoms with van der Waals surface area (Å²) in [5.41, 5.74) is 0.962. The molecule has 0 atom stereocenters. The summed E-state index contributed by atoms with van der Waals surface area (Å²) in [6, 6.07) is 8.87. The van der Waals surface area contributed by atoms with Crippen LogP contribution in [0.15, 0.2) is 34.9 Å². The quantitative estimate of drug-likeness (QED) is 0.809. The van der Waals surface area contributed by atoms with Crippen molar-refractivity contribution in [2.45, 2.75) is 26.3 Å². The van der Waals surface area contributed by atoms with Crippen molar-refractivity contribution < 1.29 is 18.8 Å². The number of carbonyl (C=O) groups is 2. The molecule has 0 spiro atoms. The summed E-state index contributed by atoms with van der Waals surface area (Å²) in [5.74, 6) is 0.733. The van der Waals surface area contributed by atoms with Crippen LogP contribution >= 0.6 is 0 Å². The summed E-state index contributed by atoms with van der Waals surface area (Å²) in [7, 11) is 1.59. The van der Waals surface area contributed by atoms with E-state index in [2.05, 4.69) is 15.8 Å². The first-order chi connectivity index (χ1) is 11.5. The van der Waals surface area contributed by atoms with E-state index in [1.165, 1.54) is 0 Å². The number of aromatic nitrogens is 1. The molecule has 1 aromatic carbocycles. The first-order valence-electron chi connectivity index (χ1n) is 7.68. The second-order valence-electron chi connectivity index (χ2n) is 5.53. The van der Waals surface area contributed by atoms with Crippen LogP contribution in [0.4, 0.5) is 0 Å². The number of carbonyl (C=O) groups excluding carboxylic acids is 2. The average molecular weight is 331 g/mol. The Morgan fingerprint density at radius 1 is 1.25 bits per heavy atom. The molecule has 2 amide bonds. The van der Waals surface area contributed by atoms with Gasteiger partial charge in [-0.05, 0) is 38.1 Å². The first-order valence-corrected chi connectivity index (χ1v) is 7.68. The van der Waals surface area contributed by atoms with Crippen LogP contribution in [-0.2, 0) is 4.79 Å². The zero-order valence-electron chi connectivity index (χ0n) is 14.0. The normalized spacial score (nSPS) is 10.5. The van der Waals surface area contributed by atoms with Gasteiger partial charge in [-0.3, -0.25) is 9.59 Å². The molecule has 1 aromatic heterocycles. The fourth-order valence-corrected chi connectivity index (χ4v) is 2.05. The Balaban J connectivity index is 1.89. The van der Waals surface area contributed by atoms with Crippen molar-refractivity contribution in [3.63, 3.8) is 0 Å². The standard InChI is InChI=1S/C17H21N3O4/c1-11(2)19-16(21)8-9-18-17(22)14-10-15(24-20-14)12-4-6-13(23-3)7-5-12/h4-7,10-11H,8-9H2,1-3H3,(H,18,22)(H,19,21). The predicted molar refractivity (Wildman–Crippen MR) is 88.7 cm³/mol. The third-order valence-corrected chi connectivity index (χ3v) is 3.20. The largest absolute Gasteiger partial charge is 0.497 e. The van der Waals surface area contributed by atoms with Gasteiger partial charge in [-0.15, -0.1) is 0 Å². The molecule has 0 saturated carbocycles. The molecule has 2 N–H and O–H groups in total. The zero-order valence-corrected chi connectivity index (χ0v) is 14.0. The number of nitrogens with zero attached hydrogens (tertiary/aromatic N) is 1. The maximum absolute atomic E-state index is 12.0. The van der Waals surface area contributed by atoms with Gasteiger partial charge in [0.1, 0.15) is 5.75 Å². The number of hydrogen-bond donors (Lipinski definition) is 2. The highest BCUT2D eigenvalue weighted by atomic mass is 16.5. The molecule has 2 rings (SSSR count). The lowest BCUT2D eigenvalue weighted by atomic mass is 10.1. The molecule has 0 radical (unpaired) electrons. The Hall–Kier alpha value is -2.83. The Morgan fingerprint density at radius 2 is 1.96 bits per heavy atom. The van der Waals surface area contributed by atoms with Gasteiger partial charge in [0.25, 0.3) is 5.91 Å². The van der Waals surface area contributed by atoms with E-state index in [-0.39, 0.29) is 36.5 Å². The second-order valence-corrected chi connectivity index (χ2v) is 5.53. The summed E-state index contributed by atoms with van der Waals surface area (Å²) in [4.78, 5) is 23.5. The highest BCUT2D eigenvalue weighted by Gasteiger charge is 2.14. The molecule has 7 nitrogen and oxygen atoms in total. The van der Waals surface area contributed by atoms with Gasteiger partial charge in [-0.1, -0.05) is 5.16 Å². The molecule has 0 aliphatic heterocycles. The summed E-state index contributed by atoms with van der Waals surface area (Å²) >= 11 is 0. The first kappa shape index (κ1) is 17.5. The van der Waals surface area contributed by atoms with Gasteiger partial charge in [0.2, 0.25) is 5.91 Å². The van der Waals surface area contributed by atoms with E-state index < -0.39 is 0 Å². The molecule has 1 heterocycles. The third-order valence-electron chi connectivity index (χ3n) is 3.20.